The number of rotatable bonds is 8. The van der Waals surface area contributed by atoms with Crippen molar-refractivity contribution in [3.63, 3.8) is 0 Å². The van der Waals surface area contributed by atoms with Crippen LogP contribution in [0.2, 0.25) is 0 Å². The maximum Gasteiger partial charge on any atom is 0.262 e. The van der Waals surface area contributed by atoms with Crippen LogP contribution < -0.4 is 10.1 Å². The quantitative estimate of drug-likeness (QED) is 0.253. The van der Waals surface area contributed by atoms with Gasteiger partial charge >= 0.3 is 0 Å². The minimum atomic E-state index is -0.407. The lowest BCUT2D eigenvalue weighted by Gasteiger charge is -2.12. The Hall–Kier alpha value is -5.07. The molecule has 0 fully saturated rings. The van der Waals surface area contributed by atoms with Crippen LogP contribution in [0.25, 0.3) is 11.8 Å². The number of nitrogens with zero attached hydrogens (tertiary/aromatic N) is 3. The van der Waals surface area contributed by atoms with Gasteiger partial charge in [-0.3, -0.25) is 4.79 Å². The van der Waals surface area contributed by atoms with Crippen LogP contribution in [-0.2, 0) is 17.9 Å². The lowest BCUT2D eigenvalue weighted by molar-refractivity contribution is -0.117. The average molecular weight is 487 g/mol. The number of amides is 1. The highest BCUT2D eigenvalue weighted by Crippen LogP contribution is 2.25. The van der Waals surface area contributed by atoms with Crippen LogP contribution in [0.4, 0.5) is 0 Å². The van der Waals surface area contributed by atoms with Crippen molar-refractivity contribution < 1.29 is 9.53 Å². The van der Waals surface area contributed by atoms with E-state index in [1.807, 2.05) is 98.8 Å². The highest BCUT2D eigenvalue weighted by molar-refractivity contribution is 6.01. The number of benzene rings is 3. The zero-order valence-electron chi connectivity index (χ0n) is 20.7. The van der Waals surface area contributed by atoms with Crippen LogP contribution in [-0.4, -0.2) is 10.5 Å². The molecule has 0 aliphatic heterocycles. The summed E-state index contributed by atoms with van der Waals surface area (Å²) in [5, 5.41) is 21.7. The lowest BCUT2D eigenvalue weighted by atomic mass is 10.1. The van der Waals surface area contributed by atoms with Crippen LogP contribution in [0.1, 0.15) is 33.6 Å². The first-order chi connectivity index (χ1) is 18.0. The van der Waals surface area contributed by atoms with E-state index in [0.717, 1.165) is 33.8 Å². The van der Waals surface area contributed by atoms with E-state index in [1.54, 1.807) is 12.1 Å². The summed E-state index contributed by atoms with van der Waals surface area (Å²) >= 11 is 0. The van der Waals surface area contributed by atoms with E-state index in [2.05, 4.69) is 16.0 Å². The first-order valence-corrected chi connectivity index (χ1v) is 11.8. The van der Waals surface area contributed by atoms with Gasteiger partial charge in [-0.1, -0.05) is 48.5 Å². The van der Waals surface area contributed by atoms with E-state index in [4.69, 9.17) is 4.74 Å². The Morgan fingerprint density at radius 2 is 1.68 bits per heavy atom. The van der Waals surface area contributed by atoms with Crippen molar-refractivity contribution in [2.75, 3.05) is 0 Å². The molecule has 0 aliphatic carbocycles. The molecule has 0 atom stereocenters. The molecule has 1 N–H and O–H groups in total. The molecule has 4 aromatic rings. The van der Waals surface area contributed by atoms with E-state index in [9.17, 15) is 15.3 Å². The minimum Gasteiger partial charge on any atom is -0.489 e. The fraction of sp³-hybridized carbons (Fsp3) is 0.129. The predicted molar refractivity (Wildman–Crippen MR) is 143 cm³/mol. The van der Waals surface area contributed by atoms with Crippen LogP contribution in [0.15, 0.2) is 90.5 Å². The van der Waals surface area contributed by atoms with Crippen molar-refractivity contribution in [1.29, 1.82) is 10.5 Å². The zero-order chi connectivity index (χ0) is 26.2. The smallest absolute Gasteiger partial charge is 0.262 e. The third kappa shape index (κ3) is 5.96. The van der Waals surface area contributed by atoms with Crippen LogP contribution >= 0.6 is 0 Å². The molecule has 0 radical (unpaired) electrons. The highest BCUT2D eigenvalue weighted by Gasteiger charge is 2.14. The Balaban J connectivity index is 1.48. The van der Waals surface area contributed by atoms with Gasteiger partial charge in [-0.25, -0.2) is 0 Å². The Kier molecular flexibility index (Phi) is 7.83. The van der Waals surface area contributed by atoms with E-state index in [1.165, 1.54) is 0 Å². The van der Waals surface area contributed by atoms with Crippen molar-refractivity contribution >= 4 is 12.0 Å². The molecule has 0 saturated carbocycles. The van der Waals surface area contributed by atoms with Gasteiger partial charge in [0, 0.05) is 29.2 Å². The molecule has 0 aliphatic rings. The van der Waals surface area contributed by atoms with Crippen LogP contribution in [0, 0.1) is 36.5 Å². The van der Waals surface area contributed by atoms with Crippen molar-refractivity contribution in [1.82, 2.24) is 9.88 Å². The summed E-state index contributed by atoms with van der Waals surface area (Å²) in [4.78, 5) is 12.6. The molecule has 0 bridgehead atoms. The Labute approximate surface area is 216 Å². The summed E-state index contributed by atoms with van der Waals surface area (Å²) < 4.78 is 7.96. The van der Waals surface area contributed by atoms with Gasteiger partial charge in [-0.2, -0.15) is 10.5 Å². The second kappa shape index (κ2) is 11.6. The number of aromatic nitrogens is 1. The maximum atomic E-state index is 12.6. The molecule has 1 heterocycles. The number of nitrogens with one attached hydrogen (secondary N) is 1. The topological polar surface area (TPSA) is 90.8 Å². The molecule has 6 nitrogen and oxygen atoms in total. The number of aryl methyl sites for hydroxylation is 1. The second-order valence-corrected chi connectivity index (χ2v) is 8.55. The number of carbonyl (C=O) groups excluding carboxylic acids is 1. The van der Waals surface area contributed by atoms with Gasteiger partial charge in [0.2, 0.25) is 0 Å². The minimum absolute atomic E-state index is 0.0533. The van der Waals surface area contributed by atoms with Crippen molar-refractivity contribution in [3.8, 4) is 23.6 Å². The molecule has 0 spiro atoms. The normalized spacial score (nSPS) is 10.9. The molecule has 1 aromatic heterocycles. The standard InChI is InChI=1S/C31H26N4O2/c1-22-16-27(17-28(19-33)31(36)34-20-24-8-4-3-5-9-24)23(2)35(22)29-12-14-30(15-13-29)37-21-26-11-7-6-10-25(26)18-32/h3-17H,20-21H2,1-2H3,(H,34,36)/b28-17-. The van der Waals surface area contributed by atoms with Gasteiger partial charge in [0.15, 0.2) is 0 Å². The number of hydrogen-bond acceptors (Lipinski definition) is 4. The SMILES string of the molecule is Cc1cc(/C=C(/C#N)C(=O)NCc2ccccc2)c(C)n1-c1ccc(OCc2ccccc2C#N)cc1. The van der Waals surface area contributed by atoms with Gasteiger partial charge in [0.1, 0.15) is 24.0 Å². The number of ether oxygens (including phenoxy) is 1. The second-order valence-electron chi connectivity index (χ2n) is 8.55. The first-order valence-electron chi connectivity index (χ1n) is 11.8. The maximum absolute atomic E-state index is 12.6. The molecule has 0 unspecified atom stereocenters. The fourth-order valence-corrected chi connectivity index (χ4v) is 4.12. The van der Waals surface area contributed by atoms with Gasteiger partial charge in [0.25, 0.3) is 5.91 Å². The van der Waals surface area contributed by atoms with Gasteiger partial charge in [-0.15, -0.1) is 0 Å². The average Bonchev–Trinajstić information content (AvgIpc) is 3.22. The molecule has 3 aromatic carbocycles. The van der Waals surface area contributed by atoms with E-state index >= 15 is 0 Å². The molecule has 4 rings (SSSR count). The Morgan fingerprint density at radius 1 is 0.973 bits per heavy atom. The van der Waals surface area contributed by atoms with E-state index in [-0.39, 0.29) is 5.57 Å². The van der Waals surface area contributed by atoms with Gasteiger partial charge < -0.3 is 14.6 Å². The van der Waals surface area contributed by atoms with Crippen LogP contribution in [0.5, 0.6) is 5.75 Å². The molecule has 6 heteroatoms. The summed E-state index contributed by atoms with van der Waals surface area (Å²) in [6.45, 7) is 4.60. The van der Waals surface area contributed by atoms with Crippen LogP contribution in [0.3, 0.4) is 0 Å². The summed E-state index contributed by atoms with van der Waals surface area (Å²) in [6.07, 6.45) is 1.63. The zero-order valence-corrected chi connectivity index (χ0v) is 20.7. The molecular weight excluding hydrogens is 460 g/mol. The highest BCUT2D eigenvalue weighted by atomic mass is 16.5. The lowest BCUT2D eigenvalue weighted by Crippen LogP contribution is -2.23. The first kappa shape index (κ1) is 25.0. The monoisotopic (exact) mass is 486 g/mol. The summed E-state index contributed by atoms with van der Waals surface area (Å²) in [6, 6.07) is 30.8. The molecule has 37 heavy (non-hydrogen) atoms. The Bertz CT molecular complexity index is 1520. The molecule has 182 valence electrons. The number of carbonyl (C=O) groups is 1. The molecular formula is C31H26N4O2. The van der Waals surface area contributed by atoms with E-state index < -0.39 is 5.91 Å². The van der Waals surface area contributed by atoms with Crippen molar-refractivity contribution in [3.05, 3.63) is 124 Å². The molecule has 0 saturated heterocycles. The van der Waals surface area contributed by atoms with Gasteiger partial charge in [-0.05, 0) is 67.4 Å². The third-order valence-electron chi connectivity index (χ3n) is 6.06. The van der Waals surface area contributed by atoms with Gasteiger partial charge in [0.05, 0.1) is 11.6 Å². The number of hydrogen-bond donors (Lipinski definition) is 1. The van der Waals surface area contributed by atoms with Crippen molar-refractivity contribution in [2.24, 2.45) is 0 Å². The Morgan fingerprint density at radius 3 is 2.38 bits per heavy atom. The predicted octanol–water partition coefficient (Wildman–Crippen LogP) is 5.77. The molecule has 1 amide bonds. The largest absolute Gasteiger partial charge is 0.489 e. The third-order valence-corrected chi connectivity index (χ3v) is 6.06. The van der Waals surface area contributed by atoms with Crippen molar-refractivity contribution in [2.45, 2.75) is 27.0 Å². The van der Waals surface area contributed by atoms with E-state index in [0.29, 0.717) is 24.5 Å². The number of nitriles is 2. The summed E-state index contributed by atoms with van der Waals surface area (Å²) in [5.74, 6) is 0.288. The summed E-state index contributed by atoms with van der Waals surface area (Å²) in [5.41, 5.74) is 6.09. The fourth-order valence-electron chi connectivity index (χ4n) is 4.12. The summed E-state index contributed by atoms with van der Waals surface area (Å²) in [7, 11) is 0.